The first-order valence-electron chi connectivity index (χ1n) is 13.2. The molecule has 0 aliphatic heterocycles. The highest BCUT2D eigenvalue weighted by Crippen LogP contribution is 2.36. The highest BCUT2D eigenvalue weighted by atomic mass is 19.1. The van der Waals surface area contributed by atoms with E-state index < -0.39 is 12.3 Å². The zero-order chi connectivity index (χ0) is 25.9. The number of anilines is 1. The van der Waals surface area contributed by atoms with Gasteiger partial charge in [-0.15, -0.1) is 0 Å². The molecule has 2 saturated carbocycles. The number of rotatable bonds is 8. The van der Waals surface area contributed by atoms with Crippen LogP contribution in [0.3, 0.4) is 0 Å². The zero-order valence-corrected chi connectivity index (χ0v) is 21.1. The van der Waals surface area contributed by atoms with Crippen LogP contribution >= 0.6 is 0 Å². The molecule has 5 rings (SSSR count). The molecule has 2 heterocycles. The Kier molecular flexibility index (Phi) is 7.34. The van der Waals surface area contributed by atoms with Gasteiger partial charge in [-0.2, -0.15) is 4.99 Å². The average molecular weight is 508 g/mol. The smallest absolute Gasteiger partial charge is 0.433 e. The zero-order valence-electron chi connectivity index (χ0n) is 21.1. The summed E-state index contributed by atoms with van der Waals surface area (Å²) in [6.45, 7) is 2.73. The Balaban J connectivity index is 1.66. The number of carbonyl (C=O) groups is 1. The second-order valence-corrected chi connectivity index (χ2v) is 10.3. The minimum absolute atomic E-state index is 0.0396. The fourth-order valence-electron chi connectivity index (χ4n) is 5.47. The van der Waals surface area contributed by atoms with E-state index in [1.807, 2.05) is 22.8 Å². The number of amidine groups is 1. The molecule has 2 aliphatic carbocycles. The molecule has 0 spiro atoms. The summed E-state index contributed by atoms with van der Waals surface area (Å²) >= 11 is 0. The van der Waals surface area contributed by atoms with Gasteiger partial charge in [0.25, 0.3) is 0 Å². The maximum absolute atomic E-state index is 16.1. The van der Waals surface area contributed by atoms with Crippen LogP contribution in [0, 0.1) is 11.8 Å². The van der Waals surface area contributed by atoms with Gasteiger partial charge in [0.15, 0.2) is 35.1 Å². The highest BCUT2D eigenvalue weighted by Gasteiger charge is 2.30. The first-order valence-corrected chi connectivity index (χ1v) is 13.2. The molecule has 9 nitrogen and oxygen atoms in total. The van der Waals surface area contributed by atoms with E-state index in [0.29, 0.717) is 35.3 Å². The second-order valence-electron chi connectivity index (χ2n) is 10.3. The molecule has 3 aromatic rings. The maximum atomic E-state index is 16.1. The number of carboxylic acid groups (broad SMARTS) is 1. The molecule has 37 heavy (non-hydrogen) atoms. The van der Waals surface area contributed by atoms with Gasteiger partial charge in [-0.05, 0) is 50.0 Å². The predicted molar refractivity (Wildman–Crippen MR) is 140 cm³/mol. The van der Waals surface area contributed by atoms with E-state index in [4.69, 9.17) is 10.8 Å². The predicted octanol–water partition coefficient (Wildman–Crippen LogP) is 5.45. The lowest BCUT2D eigenvalue weighted by Crippen LogP contribution is -2.32. The van der Waals surface area contributed by atoms with Gasteiger partial charge in [0.05, 0.1) is 0 Å². The van der Waals surface area contributed by atoms with Gasteiger partial charge in [0.1, 0.15) is 5.52 Å². The van der Waals surface area contributed by atoms with Crippen LogP contribution in [0.1, 0.15) is 81.7 Å². The number of nitrogens with two attached hydrogens (primary N) is 1. The number of aliphatic imine (C=N–C) groups is 1. The Morgan fingerprint density at radius 1 is 1.14 bits per heavy atom. The first kappa shape index (κ1) is 25.1. The van der Waals surface area contributed by atoms with Crippen LogP contribution < -0.4 is 11.1 Å². The van der Waals surface area contributed by atoms with Crippen LogP contribution in [0.25, 0.3) is 11.2 Å². The fourth-order valence-corrected chi connectivity index (χ4v) is 5.47. The third-order valence-electron chi connectivity index (χ3n) is 7.78. The van der Waals surface area contributed by atoms with Crippen molar-refractivity contribution in [2.75, 3.05) is 5.32 Å². The Hall–Kier alpha value is -3.56. The molecular weight excluding hydrogens is 473 g/mol. The SMILES string of the molecule is C[C@@H](Nc1nc(/C(N)=N/C(=O)O)nc2nc(C(F)c3ccccc3)n(CC3CCCCC3)c12)C1CCC1. The first-order chi connectivity index (χ1) is 17.9. The topological polar surface area (TPSA) is 131 Å². The van der Waals surface area contributed by atoms with E-state index in [-0.39, 0.29) is 29.2 Å². The van der Waals surface area contributed by atoms with Gasteiger partial charge in [-0.1, -0.05) is 56.0 Å². The summed E-state index contributed by atoms with van der Waals surface area (Å²) in [6, 6.07) is 9.10. The Labute approximate surface area is 215 Å². The van der Waals surface area contributed by atoms with E-state index >= 15 is 4.39 Å². The van der Waals surface area contributed by atoms with Crippen LogP contribution in [0.15, 0.2) is 35.3 Å². The van der Waals surface area contributed by atoms with Crippen molar-refractivity contribution in [3.05, 3.63) is 47.5 Å². The summed E-state index contributed by atoms with van der Waals surface area (Å²) in [5.74, 6) is 1.30. The Morgan fingerprint density at radius 2 is 1.86 bits per heavy atom. The van der Waals surface area contributed by atoms with Crippen molar-refractivity contribution in [1.82, 2.24) is 19.5 Å². The minimum atomic E-state index is -1.45. The maximum Gasteiger partial charge on any atom is 0.433 e. The summed E-state index contributed by atoms with van der Waals surface area (Å²) in [6.07, 6.45) is 6.29. The van der Waals surface area contributed by atoms with Crippen molar-refractivity contribution < 1.29 is 14.3 Å². The fraction of sp³-hybridized carbons (Fsp3) is 0.519. The standard InChI is InChI=1S/C27H34FN7O2/c1-16(18-13-8-14-18)30-23-21-24(33-25(32-23)22(29)31-27(36)37)34-26(20(28)19-11-6-3-7-12-19)35(21)15-17-9-4-2-5-10-17/h3,6-7,11-12,16-18,20H,2,4-5,8-10,13-15H2,1H3,(H2,29,31)(H,36,37)(H,30,32,33)/t16-,20?/m1/s1. The molecule has 10 heteroatoms. The van der Waals surface area contributed by atoms with Crippen LogP contribution in [0.4, 0.5) is 15.0 Å². The summed E-state index contributed by atoms with van der Waals surface area (Å²) in [5.41, 5.74) is 7.35. The van der Waals surface area contributed by atoms with Crippen molar-refractivity contribution >= 4 is 28.9 Å². The molecule has 2 aromatic heterocycles. The van der Waals surface area contributed by atoms with E-state index in [0.717, 1.165) is 38.5 Å². The Morgan fingerprint density at radius 3 is 2.51 bits per heavy atom. The minimum Gasteiger partial charge on any atom is -0.463 e. The molecular formula is C27H34FN7O2. The highest BCUT2D eigenvalue weighted by molar-refractivity contribution is 6.01. The number of halogens is 1. The number of hydrogen-bond donors (Lipinski definition) is 3. The summed E-state index contributed by atoms with van der Waals surface area (Å²) in [4.78, 5) is 28.3. The lowest BCUT2D eigenvalue weighted by atomic mass is 9.80. The number of aromatic nitrogens is 4. The van der Waals surface area contributed by atoms with Gasteiger partial charge < -0.3 is 20.7 Å². The van der Waals surface area contributed by atoms with E-state index in [1.54, 1.807) is 12.1 Å². The molecule has 4 N–H and O–H groups in total. The molecule has 196 valence electrons. The van der Waals surface area contributed by atoms with Gasteiger partial charge in [-0.25, -0.2) is 24.1 Å². The number of fused-ring (bicyclic) bond motifs is 1. The van der Waals surface area contributed by atoms with E-state index in [2.05, 4.69) is 32.2 Å². The molecule has 2 aliphatic rings. The number of imidazole rings is 1. The number of nitrogens with one attached hydrogen (secondary N) is 1. The van der Waals surface area contributed by atoms with Gasteiger partial charge in [0, 0.05) is 12.6 Å². The normalized spacial score (nSPS) is 18.9. The van der Waals surface area contributed by atoms with Gasteiger partial charge >= 0.3 is 6.09 Å². The van der Waals surface area contributed by atoms with Crippen molar-refractivity contribution in [1.29, 1.82) is 0 Å². The Bertz CT molecular complexity index is 1280. The molecule has 1 aromatic carbocycles. The lowest BCUT2D eigenvalue weighted by Gasteiger charge is -2.32. The van der Waals surface area contributed by atoms with Crippen molar-refractivity contribution in [3.63, 3.8) is 0 Å². The molecule has 0 saturated heterocycles. The molecule has 2 atom stereocenters. The summed E-state index contributed by atoms with van der Waals surface area (Å²) < 4.78 is 18.0. The van der Waals surface area contributed by atoms with Gasteiger partial charge in [-0.3, -0.25) is 0 Å². The molecule has 0 bridgehead atoms. The van der Waals surface area contributed by atoms with Crippen LogP contribution in [-0.4, -0.2) is 42.6 Å². The van der Waals surface area contributed by atoms with E-state index in [9.17, 15) is 4.79 Å². The van der Waals surface area contributed by atoms with Crippen LogP contribution in [0.5, 0.6) is 0 Å². The van der Waals surface area contributed by atoms with Crippen molar-refractivity contribution in [3.8, 4) is 0 Å². The van der Waals surface area contributed by atoms with Crippen molar-refractivity contribution in [2.24, 2.45) is 22.6 Å². The molecule has 2 fully saturated rings. The molecule has 0 radical (unpaired) electrons. The number of amides is 1. The van der Waals surface area contributed by atoms with Crippen molar-refractivity contribution in [2.45, 2.75) is 77.0 Å². The lowest BCUT2D eigenvalue weighted by molar-refractivity contribution is 0.205. The van der Waals surface area contributed by atoms with E-state index in [1.165, 1.54) is 12.8 Å². The van der Waals surface area contributed by atoms with Gasteiger partial charge in [0.2, 0.25) is 0 Å². The number of hydrogen-bond acceptors (Lipinski definition) is 5. The second kappa shape index (κ2) is 10.8. The average Bonchev–Trinajstić information content (AvgIpc) is 3.21. The largest absolute Gasteiger partial charge is 0.463 e. The monoisotopic (exact) mass is 507 g/mol. The third kappa shape index (κ3) is 5.42. The number of alkyl halides is 1. The third-order valence-corrected chi connectivity index (χ3v) is 7.78. The quantitative estimate of drug-likeness (QED) is 0.273. The van der Waals surface area contributed by atoms with Crippen LogP contribution in [0.2, 0.25) is 0 Å². The number of benzene rings is 1. The molecule has 1 unspecified atom stereocenters. The summed E-state index contributed by atoms with van der Waals surface area (Å²) in [5, 5.41) is 12.6. The molecule has 1 amide bonds. The summed E-state index contributed by atoms with van der Waals surface area (Å²) in [7, 11) is 0. The number of nitrogens with zero attached hydrogens (tertiary/aromatic N) is 5. The van der Waals surface area contributed by atoms with Crippen LogP contribution in [-0.2, 0) is 6.54 Å².